The van der Waals surface area contributed by atoms with Gasteiger partial charge in [-0.1, -0.05) is 42.8 Å². The van der Waals surface area contributed by atoms with Gasteiger partial charge in [0.2, 0.25) is 5.89 Å². The van der Waals surface area contributed by atoms with Crippen LogP contribution in [-0.4, -0.2) is 10.1 Å². The second kappa shape index (κ2) is 5.78. The SMILES string of the molecule is CCCC(N)c1nc(Cc2ccccc2C)no1. The number of nitrogens with two attached hydrogens (primary N) is 1. The molecule has 1 atom stereocenters. The lowest BCUT2D eigenvalue weighted by Gasteiger charge is -2.02. The first-order valence-corrected chi connectivity index (χ1v) is 6.33. The topological polar surface area (TPSA) is 64.9 Å². The monoisotopic (exact) mass is 245 g/mol. The smallest absolute Gasteiger partial charge is 0.243 e. The van der Waals surface area contributed by atoms with Crippen molar-refractivity contribution in [1.29, 1.82) is 0 Å². The van der Waals surface area contributed by atoms with Gasteiger partial charge in [-0.05, 0) is 24.5 Å². The van der Waals surface area contributed by atoms with Crippen LogP contribution in [-0.2, 0) is 6.42 Å². The Morgan fingerprint density at radius 2 is 2.11 bits per heavy atom. The van der Waals surface area contributed by atoms with Crippen LogP contribution in [0, 0.1) is 6.92 Å². The van der Waals surface area contributed by atoms with Gasteiger partial charge in [-0.3, -0.25) is 0 Å². The van der Waals surface area contributed by atoms with Crippen molar-refractivity contribution < 1.29 is 4.52 Å². The van der Waals surface area contributed by atoms with Crippen LogP contribution in [0.25, 0.3) is 0 Å². The van der Waals surface area contributed by atoms with Crippen LogP contribution >= 0.6 is 0 Å². The molecule has 0 amide bonds. The molecule has 4 heteroatoms. The molecule has 0 aliphatic rings. The number of rotatable bonds is 5. The standard InChI is InChI=1S/C14H19N3O/c1-3-6-12(15)14-16-13(17-18-14)9-11-8-5-4-7-10(11)2/h4-5,7-8,12H,3,6,9,15H2,1-2H3. The fraction of sp³-hybridized carbons (Fsp3) is 0.429. The van der Waals surface area contributed by atoms with E-state index < -0.39 is 0 Å². The molecule has 0 saturated heterocycles. The summed E-state index contributed by atoms with van der Waals surface area (Å²) >= 11 is 0. The van der Waals surface area contributed by atoms with Crippen LogP contribution in [0.15, 0.2) is 28.8 Å². The summed E-state index contributed by atoms with van der Waals surface area (Å²) in [6, 6.07) is 8.06. The third kappa shape index (κ3) is 2.96. The Kier molecular flexibility index (Phi) is 4.10. The van der Waals surface area contributed by atoms with Crippen LogP contribution < -0.4 is 5.73 Å². The molecule has 0 aliphatic carbocycles. The van der Waals surface area contributed by atoms with Crippen LogP contribution in [0.2, 0.25) is 0 Å². The zero-order valence-corrected chi connectivity index (χ0v) is 10.9. The fourth-order valence-corrected chi connectivity index (χ4v) is 1.90. The van der Waals surface area contributed by atoms with E-state index in [1.165, 1.54) is 11.1 Å². The molecular formula is C14H19N3O. The second-order valence-corrected chi connectivity index (χ2v) is 4.55. The summed E-state index contributed by atoms with van der Waals surface area (Å²) in [7, 11) is 0. The van der Waals surface area contributed by atoms with E-state index in [-0.39, 0.29) is 6.04 Å². The number of hydrogen-bond donors (Lipinski definition) is 1. The minimum absolute atomic E-state index is 0.145. The molecule has 1 aromatic carbocycles. The van der Waals surface area contributed by atoms with Gasteiger partial charge in [0.25, 0.3) is 0 Å². The molecule has 1 unspecified atom stereocenters. The highest BCUT2D eigenvalue weighted by Gasteiger charge is 2.14. The van der Waals surface area contributed by atoms with Crippen molar-refractivity contribution in [2.45, 2.75) is 39.2 Å². The molecule has 2 rings (SSSR count). The third-order valence-electron chi connectivity index (χ3n) is 3.01. The average Bonchev–Trinajstić information content (AvgIpc) is 2.81. The molecule has 0 fully saturated rings. The number of aromatic nitrogens is 2. The lowest BCUT2D eigenvalue weighted by atomic mass is 10.1. The summed E-state index contributed by atoms with van der Waals surface area (Å²) in [5.41, 5.74) is 8.40. The molecule has 0 spiro atoms. The highest BCUT2D eigenvalue weighted by Crippen LogP contribution is 2.16. The first-order chi connectivity index (χ1) is 8.70. The van der Waals surface area contributed by atoms with Crippen molar-refractivity contribution in [3.63, 3.8) is 0 Å². The van der Waals surface area contributed by atoms with Gasteiger partial charge in [0, 0.05) is 6.42 Å². The summed E-state index contributed by atoms with van der Waals surface area (Å²) in [6.07, 6.45) is 2.57. The Hall–Kier alpha value is -1.68. The first-order valence-electron chi connectivity index (χ1n) is 6.33. The van der Waals surface area contributed by atoms with E-state index in [1.807, 2.05) is 12.1 Å². The van der Waals surface area contributed by atoms with Gasteiger partial charge in [-0.25, -0.2) is 0 Å². The van der Waals surface area contributed by atoms with Crippen molar-refractivity contribution in [3.8, 4) is 0 Å². The molecule has 96 valence electrons. The van der Waals surface area contributed by atoms with Crippen LogP contribution in [0.5, 0.6) is 0 Å². The van der Waals surface area contributed by atoms with E-state index in [0.29, 0.717) is 18.1 Å². The first kappa shape index (κ1) is 12.8. The van der Waals surface area contributed by atoms with Crippen molar-refractivity contribution in [2.24, 2.45) is 5.73 Å². The van der Waals surface area contributed by atoms with Crippen molar-refractivity contribution in [2.75, 3.05) is 0 Å². The third-order valence-corrected chi connectivity index (χ3v) is 3.01. The molecule has 0 radical (unpaired) electrons. The molecule has 1 aromatic heterocycles. The summed E-state index contributed by atoms with van der Waals surface area (Å²) in [6.45, 7) is 4.17. The van der Waals surface area contributed by atoms with Crippen LogP contribution in [0.4, 0.5) is 0 Å². The normalized spacial score (nSPS) is 12.6. The van der Waals surface area contributed by atoms with Crippen LogP contribution in [0.3, 0.4) is 0 Å². The van der Waals surface area contributed by atoms with E-state index in [2.05, 4.69) is 36.1 Å². The fourth-order valence-electron chi connectivity index (χ4n) is 1.90. The summed E-state index contributed by atoms with van der Waals surface area (Å²) in [5, 5.41) is 3.99. The number of hydrogen-bond acceptors (Lipinski definition) is 4. The molecule has 1 heterocycles. The maximum absolute atomic E-state index is 5.95. The van der Waals surface area contributed by atoms with Gasteiger partial charge in [0.1, 0.15) is 0 Å². The zero-order chi connectivity index (χ0) is 13.0. The zero-order valence-electron chi connectivity index (χ0n) is 10.9. The number of benzene rings is 1. The summed E-state index contributed by atoms with van der Waals surface area (Å²) in [5.74, 6) is 1.24. The van der Waals surface area contributed by atoms with Crippen molar-refractivity contribution in [3.05, 3.63) is 47.1 Å². The molecule has 2 aromatic rings. The predicted octanol–water partition coefficient (Wildman–Crippen LogP) is 2.77. The lowest BCUT2D eigenvalue weighted by molar-refractivity contribution is 0.345. The number of aryl methyl sites for hydroxylation is 1. The molecular weight excluding hydrogens is 226 g/mol. The quantitative estimate of drug-likeness (QED) is 0.879. The Labute approximate surface area is 107 Å². The minimum atomic E-state index is -0.145. The maximum Gasteiger partial charge on any atom is 0.243 e. The van der Waals surface area contributed by atoms with Gasteiger partial charge >= 0.3 is 0 Å². The van der Waals surface area contributed by atoms with E-state index in [9.17, 15) is 0 Å². The highest BCUT2D eigenvalue weighted by molar-refractivity contribution is 5.27. The second-order valence-electron chi connectivity index (χ2n) is 4.55. The average molecular weight is 245 g/mol. The van der Waals surface area contributed by atoms with E-state index in [4.69, 9.17) is 10.3 Å². The molecule has 4 nitrogen and oxygen atoms in total. The summed E-state index contributed by atoms with van der Waals surface area (Å²) in [4.78, 5) is 4.36. The molecule has 0 aliphatic heterocycles. The molecule has 18 heavy (non-hydrogen) atoms. The van der Waals surface area contributed by atoms with Crippen LogP contribution in [0.1, 0.15) is 48.6 Å². The minimum Gasteiger partial charge on any atom is -0.338 e. The van der Waals surface area contributed by atoms with Crippen molar-refractivity contribution in [1.82, 2.24) is 10.1 Å². The Bertz CT molecular complexity index is 507. The Morgan fingerprint density at radius 3 is 2.83 bits per heavy atom. The predicted molar refractivity (Wildman–Crippen MR) is 70.1 cm³/mol. The van der Waals surface area contributed by atoms with Gasteiger partial charge in [-0.2, -0.15) is 4.98 Å². The highest BCUT2D eigenvalue weighted by atomic mass is 16.5. The molecule has 2 N–H and O–H groups in total. The Balaban J connectivity index is 2.09. The molecule has 0 saturated carbocycles. The van der Waals surface area contributed by atoms with Gasteiger partial charge in [-0.15, -0.1) is 0 Å². The van der Waals surface area contributed by atoms with Gasteiger partial charge in [0.15, 0.2) is 5.82 Å². The van der Waals surface area contributed by atoms with Crippen molar-refractivity contribution >= 4 is 0 Å². The maximum atomic E-state index is 5.95. The molecule has 0 bridgehead atoms. The van der Waals surface area contributed by atoms with E-state index in [1.54, 1.807) is 0 Å². The summed E-state index contributed by atoms with van der Waals surface area (Å²) < 4.78 is 5.20. The largest absolute Gasteiger partial charge is 0.338 e. The van der Waals surface area contributed by atoms with E-state index >= 15 is 0 Å². The van der Waals surface area contributed by atoms with Gasteiger partial charge in [0.05, 0.1) is 6.04 Å². The van der Waals surface area contributed by atoms with Gasteiger partial charge < -0.3 is 10.3 Å². The van der Waals surface area contributed by atoms with E-state index in [0.717, 1.165) is 12.8 Å². The number of nitrogens with zero attached hydrogens (tertiary/aromatic N) is 2. The lowest BCUT2D eigenvalue weighted by Crippen LogP contribution is -2.10. The Morgan fingerprint density at radius 1 is 1.33 bits per heavy atom.